The van der Waals surface area contributed by atoms with Gasteiger partial charge in [0.05, 0.1) is 5.39 Å². The standard InChI is InChI=1S/C20H21N5O2S/c1-13-10-17-18(21-12-22-19(17)28-13)24-6-8-25(9-7-24)20(27)15-4-3-5-16(11-15)23-14(2)26/h3-5,10-12H,6-9H2,1-2H3,(H,23,26). The van der Waals surface area contributed by atoms with Crippen LogP contribution >= 0.6 is 11.3 Å². The summed E-state index contributed by atoms with van der Waals surface area (Å²) in [6.07, 6.45) is 1.61. The summed E-state index contributed by atoms with van der Waals surface area (Å²) >= 11 is 1.67. The number of thiophene rings is 1. The fourth-order valence-electron chi connectivity index (χ4n) is 3.45. The van der Waals surface area contributed by atoms with Crippen LogP contribution in [0.4, 0.5) is 11.5 Å². The number of amides is 2. The normalized spacial score (nSPS) is 14.4. The summed E-state index contributed by atoms with van der Waals surface area (Å²) in [7, 11) is 0. The van der Waals surface area contributed by atoms with E-state index in [2.05, 4.69) is 33.2 Å². The van der Waals surface area contributed by atoms with Gasteiger partial charge >= 0.3 is 0 Å². The van der Waals surface area contributed by atoms with Crippen molar-refractivity contribution in [2.24, 2.45) is 0 Å². The molecule has 0 unspecified atom stereocenters. The fraction of sp³-hybridized carbons (Fsp3) is 0.300. The van der Waals surface area contributed by atoms with E-state index in [9.17, 15) is 9.59 Å². The summed E-state index contributed by atoms with van der Waals surface area (Å²) in [5, 5.41) is 3.80. The zero-order valence-corrected chi connectivity index (χ0v) is 16.6. The number of rotatable bonds is 3. The average molecular weight is 395 g/mol. The molecule has 3 heterocycles. The lowest BCUT2D eigenvalue weighted by Crippen LogP contribution is -2.49. The molecular formula is C20H21N5O2S. The molecule has 4 rings (SSSR count). The molecule has 1 aromatic carbocycles. The molecule has 1 fully saturated rings. The van der Waals surface area contributed by atoms with E-state index in [1.807, 2.05) is 4.90 Å². The Bertz CT molecular complexity index is 1040. The second kappa shape index (κ2) is 7.55. The molecule has 2 amide bonds. The highest BCUT2D eigenvalue weighted by atomic mass is 32.1. The molecule has 7 nitrogen and oxygen atoms in total. The average Bonchev–Trinajstić information content (AvgIpc) is 3.07. The smallest absolute Gasteiger partial charge is 0.254 e. The summed E-state index contributed by atoms with van der Waals surface area (Å²) in [6, 6.07) is 9.19. The Hall–Kier alpha value is -3.00. The minimum absolute atomic E-state index is 0.0222. The van der Waals surface area contributed by atoms with Crippen LogP contribution < -0.4 is 10.2 Å². The first kappa shape index (κ1) is 18.4. The van der Waals surface area contributed by atoms with Gasteiger partial charge in [0.25, 0.3) is 5.91 Å². The van der Waals surface area contributed by atoms with Crippen molar-refractivity contribution >= 4 is 44.9 Å². The second-order valence-corrected chi connectivity index (χ2v) is 8.05. The monoisotopic (exact) mass is 395 g/mol. The molecule has 0 radical (unpaired) electrons. The Morgan fingerprint density at radius 1 is 1.11 bits per heavy atom. The van der Waals surface area contributed by atoms with Gasteiger partial charge < -0.3 is 15.1 Å². The maximum absolute atomic E-state index is 12.9. The number of anilines is 2. The van der Waals surface area contributed by atoms with Gasteiger partial charge in [-0.05, 0) is 31.2 Å². The van der Waals surface area contributed by atoms with Gasteiger partial charge in [-0.1, -0.05) is 6.07 Å². The van der Waals surface area contributed by atoms with Gasteiger partial charge in [-0.3, -0.25) is 9.59 Å². The maximum Gasteiger partial charge on any atom is 0.254 e. The first-order valence-corrected chi connectivity index (χ1v) is 9.96. The van der Waals surface area contributed by atoms with Gasteiger partial charge in [-0.25, -0.2) is 9.97 Å². The van der Waals surface area contributed by atoms with Crippen molar-refractivity contribution in [3.8, 4) is 0 Å². The number of aryl methyl sites for hydroxylation is 1. The second-order valence-electron chi connectivity index (χ2n) is 6.81. The third-order valence-corrected chi connectivity index (χ3v) is 5.69. The van der Waals surface area contributed by atoms with Gasteiger partial charge in [-0.15, -0.1) is 11.3 Å². The third kappa shape index (κ3) is 3.68. The third-order valence-electron chi connectivity index (χ3n) is 4.73. The van der Waals surface area contributed by atoms with Crippen molar-refractivity contribution in [2.75, 3.05) is 36.4 Å². The van der Waals surface area contributed by atoms with Gasteiger partial charge in [-0.2, -0.15) is 0 Å². The lowest BCUT2D eigenvalue weighted by Gasteiger charge is -2.35. The molecule has 8 heteroatoms. The Balaban J connectivity index is 1.46. The van der Waals surface area contributed by atoms with Gasteiger partial charge in [0.15, 0.2) is 0 Å². The lowest BCUT2D eigenvalue weighted by atomic mass is 10.1. The Kier molecular flexibility index (Phi) is 4.95. The number of benzene rings is 1. The number of aromatic nitrogens is 2. The molecule has 3 aromatic rings. The summed E-state index contributed by atoms with van der Waals surface area (Å²) in [5.74, 6) is 0.762. The fourth-order valence-corrected chi connectivity index (χ4v) is 4.29. The molecule has 1 saturated heterocycles. The van der Waals surface area contributed by atoms with E-state index in [1.165, 1.54) is 11.8 Å². The molecule has 1 aliphatic rings. The van der Waals surface area contributed by atoms with Crippen LogP contribution in [0, 0.1) is 6.92 Å². The predicted molar refractivity (Wildman–Crippen MR) is 111 cm³/mol. The molecular weight excluding hydrogens is 374 g/mol. The highest BCUT2D eigenvalue weighted by Gasteiger charge is 2.24. The van der Waals surface area contributed by atoms with Crippen LogP contribution in [-0.4, -0.2) is 52.9 Å². The van der Waals surface area contributed by atoms with E-state index in [1.54, 1.807) is 41.9 Å². The zero-order chi connectivity index (χ0) is 19.7. The molecule has 28 heavy (non-hydrogen) atoms. The molecule has 2 aromatic heterocycles. The van der Waals surface area contributed by atoms with E-state index in [-0.39, 0.29) is 11.8 Å². The van der Waals surface area contributed by atoms with Gasteiger partial charge in [0.1, 0.15) is 17.0 Å². The maximum atomic E-state index is 12.9. The Labute approximate surface area is 167 Å². The van der Waals surface area contributed by atoms with Crippen LogP contribution in [0.3, 0.4) is 0 Å². The number of hydrogen-bond donors (Lipinski definition) is 1. The van der Waals surface area contributed by atoms with E-state index in [0.29, 0.717) is 24.3 Å². The number of hydrogen-bond acceptors (Lipinski definition) is 6. The molecule has 0 bridgehead atoms. The van der Waals surface area contributed by atoms with Crippen molar-refractivity contribution in [2.45, 2.75) is 13.8 Å². The van der Waals surface area contributed by atoms with Crippen LogP contribution in [0.5, 0.6) is 0 Å². The number of carbonyl (C=O) groups is 2. The molecule has 0 aliphatic carbocycles. The highest BCUT2D eigenvalue weighted by molar-refractivity contribution is 7.18. The van der Waals surface area contributed by atoms with Crippen molar-refractivity contribution in [1.82, 2.24) is 14.9 Å². The van der Waals surface area contributed by atoms with Crippen molar-refractivity contribution in [3.05, 3.63) is 47.1 Å². The molecule has 1 aliphatic heterocycles. The van der Waals surface area contributed by atoms with Crippen LogP contribution in [-0.2, 0) is 4.79 Å². The molecule has 0 saturated carbocycles. The van der Waals surface area contributed by atoms with E-state index < -0.39 is 0 Å². The van der Waals surface area contributed by atoms with E-state index in [0.717, 1.165) is 29.1 Å². The van der Waals surface area contributed by atoms with Gasteiger partial charge in [0.2, 0.25) is 5.91 Å². The summed E-state index contributed by atoms with van der Waals surface area (Å²) in [5.41, 5.74) is 1.21. The molecule has 144 valence electrons. The van der Waals surface area contributed by atoms with E-state index in [4.69, 9.17) is 0 Å². The van der Waals surface area contributed by atoms with Crippen LogP contribution in [0.2, 0.25) is 0 Å². The first-order valence-electron chi connectivity index (χ1n) is 9.14. The first-order chi connectivity index (χ1) is 13.5. The predicted octanol–water partition coefficient (Wildman–Crippen LogP) is 2.92. The Morgan fingerprint density at radius 3 is 2.64 bits per heavy atom. The van der Waals surface area contributed by atoms with Crippen molar-refractivity contribution < 1.29 is 9.59 Å². The highest BCUT2D eigenvalue weighted by Crippen LogP contribution is 2.30. The largest absolute Gasteiger partial charge is 0.352 e. The number of fused-ring (bicyclic) bond motifs is 1. The van der Waals surface area contributed by atoms with Crippen molar-refractivity contribution in [1.29, 1.82) is 0 Å². The molecule has 0 atom stereocenters. The van der Waals surface area contributed by atoms with Crippen LogP contribution in [0.25, 0.3) is 10.2 Å². The van der Waals surface area contributed by atoms with Crippen molar-refractivity contribution in [3.63, 3.8) is 0 Å². The SMILES string of the molecule is CC(=O)Nc1cccc(C(=O)N2CCN(c3ncnc4sc(C)cc34)CC2)c1. The summed E-state index contributed by atoms with van der Waals surface area (Å²) in [4.78, 5) is 39.2. The van der Waals surface area contributed by atoms with E-state index >= 15 is 0 Å². The minimum atomic E-state index is -0.155. The summed E-state index contributed by atoms with van der Waals surface area (Å²) in [6.45, 7) is 6.21. The Morgan fingerprint density at radius 2 is 1.89 bits per heavy atom. The molecule has 0 spiro atoms. The number of nitrogens with zero attached hydrogens (tertiary/aromatic N) is 4. The summed E-state index contributed by atoms with van der Waals surface area (Å²) < 4.78 is 0. The topological polar surface area (TPSA) is 78.4 Å². The lowest BCUT2D eigenvalue weighted by molar-refractivity contribution is -0.114. The quantitative estimate of drug-likeness (QED) is 0.738. The minimum Gasteiger partial charge on any atom is -0.352 e. The number of piperazine rings is 1. The van der Waals surface area contributed by atoms with Gasteiger partial charge in [0, 0.05) is 49.2 Å². The van der Waals surface area contributed by atoms with Crippen LogP contribution in [0.15, 0.2) is 36.7 Å². The number of carbonyl (C=O) groups excluding carboxylic acids is 2. The zero-order valence-electron chi connectivity index (χ0n) is 15.8. The van der Waals surface area contributed by atoms with Crippen LogP contribution in [0.1, 0.15) is 22.2 Å². The number of nitrogens with one attached hydrogen (secondary N) is 1. The molecule has 1 N–H and O–H groups in total.